The Morgan fingerprint density at radius 1 is 1.00 bits per heavy atom. The average molecular weight is 551 g/mol. The first-order valence-electron chi connectivity index (χ1n) is 12.2. The van der Waals surface area contributed by atoms with Gasteiger partial charge >= 0.3 is 12.1 Å². The van der Waals surface area contributed by atoms with E-state index in [4.69, 9.17) is 9.90 Å². The number of carbonyl (C=O) groups excluding carboxylic acids is 1. The number of amides is 1. The molecule has 0 bridgehead atoms. The third-order valence-electron chi connectivity index (χ3n) is 6.01. The van der Waals surface area contributed by atoms with E-state index >= 15 is 0 Å². The van der Waals surface area contributed by atoms with Gasteiger partial charge in [-0.1, -0.05) is 45.0 Å². The zero-order valence-electron chi connectivity index (χ0n) is 21.8. The fourth-order valence-electron chi connectivity index (χ4n) is 4.30. The van der Waals surface area contributed by atoms with Gasteiger partial charge in [-0.05, 0) is 29.2 Å². The van der Waals surface area contributed by atoms with Gasteiger partial charge in [0.2, 0.25) is 0 Å². The molecule has 4 rings (SSSR count). The van der Waals surface area contributed by atoms with Crippen LogP contribution in [0.5, 0.6) is 0 Å². The van der Waals surface area contributed by atoms with Crippen molar-refractivity contribution in [2.45, 2.75) is 33.4 Å². The molecule has 0 saturated carbocycles. The largest absolute Gasteiger partial charge is 0.490 e. The highest BCUT2D eigenvalue weighted by molar-refractivity contribution is 5.95. The summed E-state index contributed by atoms with van der Waals surface area (Å²) in [5.41, 5.74) is 1.49. The van der Waals surface area contributed by atoms with Gasteiger partial charge in [-0.2, -0.15) is 18.3 Å². The first-order chi connectivity index (χ1) is 18.2. The Morgan fingerprint density at radius 2 is 1.59 bits per heavy atom. The summed E-state index contributed by atoms with van der Waals surface area (Å²) in [5.74, 6) is -3.55. The summed E-state index contributed by atoms with van der Waals surface area (Å²) in [6.45, 7) is 10.3. The molecule has 2 N–H and O–H groups in total. The van der Waals surface area contributed by atoms with Gasteiger partial charge in [0.25, 0.3) is 11.5 Å². The van der Waals surface area contributed by atoms with Crippen LogP contribution in [0.2, 0.25) is 0 Å². The smallest absolute Gasteiger partial charge is 0.475 e. The molecule has 8 nitrogen and oxygen atoms in total. The SMILES string of the molecule is CC(C)(C)CN1CCN(C(=O)c2cc(Cc3n[nH]c(=O)c4ccccc34)ccc2F)CC1.O=C(O)C(F)(F)F. The minimum absolute atomic E-state index is 0.0838. The number of aromatic nitrogens is 2. The summed E-state index contributed by atoms with van der Waals surface area (Å²) in [6, 6.07) is 11.9. The predicted molar refractivity (Wildman–Crippen MR) is 137 cm³/mol. The Bertz CT molecular complexity index is 1390. The second-order valence-corrected chi connectivity index (χ2v) is 10.5. The second kappa shape index (κ2) is 11.9. The molecule has 39 heavy (non-hydrogen) atoms. The van der Waals surface area contributed by atoms with Crippen molar-refractivity contribution in [1.82, 2.24) is 20.0 Å². The maximum absolute atomic E-state index is 14.6. The molecule has 1 saturated heterocycles. The molecule has 0 atom stereocenters. The van der Waals surface area contributed by atoms with Gasteiger partial charge in [0, 0.05) is 44.5 Å². The van der Waals surface area contributed by atoms with Crippen LogP contribution in [0.4, 0.5) is 17.6 Å². The number of aliphatic carboxylic acids is 1. The molecule has 1 fully saturated rings. The summed E-state index contributed by atoms with van der Waals surface area (Å²) >= 11 is 0. The molecular weight excluding hydrogens is 520 g/mol. The summed E-state index contributed by atoms with van der Waals surface area (Å²) in [6.07, 6.45) is -4.70. The molecular formula is C27H30F4N4O4. The summed E-state index contributed by atoms with van der Waals surface area (Å²) < 4.78 is 46.3. The van der Waals surface area contributed by atoms with Crippen LogP contribution < -0.4 is 5.56 Å². The number of hydrogen-bond donors (Lipinski definition) is 2. The number of rotatable bonds is 4. The minimum atomic E-state index is -5.08. The van der Waals surface area contributed by atoms with Crippen LogP contribution in [0, 0.1) is 11.2 Å². The molecule has 2 heterocycles. The van der Waals surface area contributed by atoms with E-state index in [1.165, 1.54) is 6.07 Å². The number of carboxylic acid groups (broad SMARTS) is 1. The normalized spacial score (nSPS) is 14.6. The fraction of sp³-hybridized carbons (Fsp3) is 0.407. The van der Waals surface area contributed by atoms with Crippen LogP contribution in [-0.2, 0) is 11.2 Å². The highest BCUT2D eigenvalue weighted by Crippen LogP contribution is 2.21. The molecule has 0 unspecified atom stereocenters. The number of aromatic amines is 1. The Labute approximate surface area is 222 Å². The van der Waals surface area contributed by atoms with Crippen molar-refractivity contribution in [3.8, 4) is 0 Å². The monoisotopic (exact) mass is 550 g/mol. The Hall–Kier alpha value is -3.80. The van der Waals surface area contributed by atoms with Crippen molar-refractivity contribution in [1.29, 1.82) is 0 Å². The van der Waals surface area contributed by atoms with Crippen LogP contribution in [0.3, 0.4) is 0 Å². The number of alkyl halides is 3. The molecule has 1 aliphatic rings. The van der Waals surface area contributed by atoms with Crippen LogP contribution in [-0.4, -0.2) is 75.9 Å². The first kappa shape index (κ1) is 29.8. The van der Waals surface area contributed by atoms with E-state index in [1.54, 1.807) is 29.2 Å². The molecule has 210 valence electrons. The van der Waals surface area contributed by atoms with Gasteiger partial charge < -0.3 is 10.0 Å². The second-order valence-electron chi connectivity index (χ2n) is 10.5. The number of piperazine rings is 1. The molecule has 1 aliphatic heterocycles. The topological polar surface area (TPSA) is 107 Å². The average Bonchev–Trinajstić information content (AvgIpc) is 2.86. The number of benzene rings is 2. The Morgan fingerprint density at radius 3 is 2.15 bits per heavy atom. The molecule has 0 radical (unpaired) electrons. The molecule has 0 spiro atoms. The van der Waals surface area contributed by atoms with Crippen molar-refractivity contribution in [3.63, 3.8) is 0 Å². The third-order valence-corrected chi connectivity index (χ3v) is 6.01. The van der Waals surface area contributed by atoms with Gasteiger partial charge in [-0.3, -0.25) is 14.5 Å². The zero-order chi connectivity index (χ0) is 29.0. The van der Waals surface area contributed by atoms with E-state index in [0.717, 1.165) is 30.6 Å². The number of halogens is 4. The van der Waals surface area contributed by atoms with Gasteiger partial charge in [0.05, 0.1) is 16.6 Å². The number of nitrogens with zero attached hydrogens (tertiary/aromatic N) is 3. The number of nitrogens with one attached hydrogen (secondary N) is 1. The summed E-state index contributed by atoms with van der Waals surface area (Å²) in [5, 5.41) is 15.2. The lowest BCUT2D eigenvalue weighted by Crippen LogP contribution is -2.50. The number of hydrogen-bond acceptors (Lipinski definition) is 5. The number of carboxylic acids is 1. The van der Waals surface area contributed by atoms with E-state index in [0.29, 0.717) is 30.6 Å². The van der Waals surface area contributed by atoms with Gasteiger partial charge in [0.15, 0.2) is 0 Å². The van der Waals surface area contributed by atoms with E-state index in [9.17, 15) is 27.2 Å². The van der Waals surface area contributed by atoms with Gasteiger partial charge in [-0.15, -0.1) is 0 Å². The Balaban J connectivity index is 0.000000532. The lowest BCUT2D eigenvalue weighted by atomic mass is 9.95. The van der Waals surface area contributed by atoms with Gasteiger partial charge in [0.1, 0.15) is 5.82 Å². The molecule has 2 aromatic carbocycles. The molecule has 1 aromatic heterocycles. The first-order valence-corrected chi connectivity index (χ1v) is 12.2. The van der Waals surface area contributed by atoms with E-state index in [2.05, 4.69) is 35.9 Å². The van der Waals surface area contributed by atoms with Crippen molar-refractivity contribution < 1.29 is 32.3 Å². The molecule has 0 aliphatic carbocycles. The Kier molecular flexibility index (Phi) is 9.10. The van der Waals surface area contributed by atoms with Crippen LogP contribution in [0.25, 0.3) is 10.8 Å². The van der Waals surface area contributed by atoms with Crippen LogP contribution >= 0.6 is 0 Å². The lowest BCUT2D eigenvalue weighted by molar-refractivity contribution is -0.192. The molecule has 12 heteroatoms. The highest BCUT2D eigenvalue weighted by atomic mass is 19.4. The third kappa shape index (κ3) is 8.09. The number of carbonyl (C=O) groups is 2. The minimum Gasteiger partial charge on any atom is -0.475 e. The fourth-order valence-corrected chi connectivity index (χ4v) is 4.30. The van der Waals surface area contributed by atoms with Crippen molar-refractivity contribution in [3.05, 3.63) is 75.5 Å². The van der Waals surface area contributed by atoms with E-state index in [1.807, 2.05) is 12.1 Å². The number of fused-ring (bicyclic) bond motifs is 1. The zero-order valence-corrected chi connectivity index (χ0v) is 21.8. The van der Waals surface area contributed by atoms with Crippen molar-refractivity contribution in [2.24, 2.45) is 5.41 Å². The van der Waals surface area contributed by atoms with Gasteiger partial charge in [-0.25, -0.2) is 14.3 Å². The highest BCUT2D eigenvalue weighted by Gasteiger charge is 2.38. The number of H-pyrrole nitrogens is 1. The molecule has 3 aromatic rings. The predicted octanol–water partition coefficient (Wildman–Crippen LogP) is 4.09. The lowest BCUT2D eigenvalue weighted by Gasteiger charge is -2.37. The van der Waals surface area contributed by atoms with E-state index in [-0.39, 0.29) is 22.4 Å². The quantitative estimate of drug-likeness (QED) is 0.474. The maximum Gasteiger partial charge on any atom is 0.490 e. The van der Waals surface area contributed by atoms with Crippen molar-refractivity contribution in [2.75, 3.05) is 32.7 Å². The van der Waals surface area contributed by atoms with E-state index < -0.39 is 18.0 Å². The standard InChI is InChI=1S/C25H29FN4O2.C2HF3O2/c1-25(2,3)16-29-10-12-30(13-11-29)24(32)20-14-17(8-9-21(20)26)15-22-18-6-4-5-7-19(18)23(31)28-27-22;3-2(4,5)1(6)7/h4-9,14H,10-13,15-16H2,1-3H3,(H,28,31);(H,6,7). The van der Waals surface area contributed by atoms with Crippen LogP contribution in [0.15, 0.2) is 47.3 Å². The summed E-state index contributed by atoms with van der Waals surface area (Å²) in [7, 11) is 0. The molecule has 1 amide bonds. The maximum atomic E-state index is 14.6. The van der Waals surface area contributed by atoms with Crippen LogP contribution in [0.1, 0.15) is 42.4 Å². The van der Waals surface area contributed by atoms with Crippen molar-refractivity contribution >= 4 is 22.6 Å². The summed E-state index contributed by atoms with van der Waals surface area (Å²) in [4.78, 5) is 38.1.